The molecule has 9 heteroatoms. The molecule has 4 rings (SSSR count). The number of nitriles is 1. The quantitative estimate of drug-likeness (QED) is 0.277. The van der Waals surface area contributed by atoms with E-state index in [9.17, 15) is 10.4 Å². The maximum atomic E-state index is 10.5. The number of aromatic amines is 1. The highest BCUT2D eigenvalue weighted by Gasteiger charge is 2.17. The number of imidazole rings is 1. The van der Waals surface area contributed by atoms with Gasteiger partial charge < -0.3 is 14.7 Å². The Morgan fingerprint density at radius 2 is 2.14 bits per heavy atom. The fraction of sp³-hybridized carbons (Fsp3) is 0.158. The number of thiophene rings is 1. The molecule has 28 heavy (non-hydrogen) atoms. The highest BCUT2D eigenvalue weighted by Crippen LogP contribution is 2.29. The lowest BCUT2D eigenvalue weighted by Crippen LogP contribution is -2.01. The molecule has 140 valence electrons. The topological polar surface area (TPSA) is 103 Å². The van der Waals surface area contributed by atoms with Crippen LogP contribution in [0.1, 0.15) is 12.7 Å². The second kappa shape index (κ2) is 7.88. The van der Waals surface area contributed by atoms with Gasteiger partial charge >= 0.3 is 0 Å². The van der Waals surface area contributed by atoms with E-state index in [0.29, 0.717) is 17.5 Å². The van der Waals surface area contributed by atoms with Crippen molar-refractivity contribution in [1.29, 1.82) is 5.26 Å². The van der Waals surface area contributed by atoms with Crippen LogP contribution < -0.4 is 0 Å². The maximum Gasteiger partial charge on any atom is 0.191 e. The number of nitrogens with one attached hydrogen (secondary N) is 1. The van der Waals surface area contributed by atoms with Gasteiger partial charge in [0, 0.05) is 6.54 Å². The molecule has 0 bridgehead atoms. The van der Waals surface area contributed by atoms with Gasteiger partial charge in [0.2, 0.25) is 0 Å². The van der Waals surface area contributed by atoms with Crippen molar-refractivity contribution in [3.05, 3.63) is 53.4 Å². The number of nitrogens with zero attached hydrogens (tertiary/aromatic N) is 5. The van der Waals surface area contributed by atoms with Crippen molar-refractivity contribution in [3.63, 3.8) is 0 Å². The van der Waals surface area contributed by atoms with Gasteiger partial charge in [0.05, 0.1) is 21.7 Å². The average Bonchev–Trinajstić information content (AvgIpc) is 3.44. The number of aliphatic hydroxyl groups excluding tert-OH is 1. The Morgan fingerprint density at radius 3 is 2.86 bits per heavy atom. The van der Waals surface area contributed by atoms with Crippen molar-refractivity contribution in [2.24, 2.45) is 0 Å². The van der Waals surface area contributed by atoms with E-state index < -0.39 is 0 Å². The molecule has 0 unspecified atom stereocenters. The molecule has 4 aromatic rings. The van der Waals surface area contributed by atoms with Gasteiger partial charge in [-0.15, -0.1) is 21.5 Å². The molecule has 0 spiro atoms. The zero-order valence-corrected chi connectivity index (χ0v) is 16.6. The van der Waals surface area contributed by atoms with E-state index in [4.69, 9.17) is 0 Å². The molecule has 0 radical (unpaired) electrons. The number of thioether (sulfide) groups is 1. The van der Waals surface area contributed by atoms with E-state index in [1.165, 1.54) is 11.8 Å². The first-order valence-corrected chi connectivity index (χ1v) is 10.4. The van der Waals surface area contributed by atoms with Gasteiger partial charge in [-0.05, 0) is 30.5 Å². The lowest BCUT2D eigenvalue weighted by Gasteiger charge is -2.06. The molecular formula is C19H16N6OS2. The predicted molar refractivity (Wildman–Crippen MR) is 111 cm³/mol. The summed E-state index contributed by atoms with van der Waals surface area (Å²) in [6.45, 7) is 2.73. The van der Waals surface area contributed by atoms with Crippen LogP contribution >= 0.6 is 23.1 Å². The molecule has 0 aliphatic carbocycles. The SMILES string of the molecule is CCn1c(SC/C(O)=C(/C#N)c2nc3ccccc3[nH]2)nnc1-c1cccs1. The van der Waals surface area contributed by atoms with Crippen LogP contribution in [0.15, 0.2) is 52.7 Å². The molecule has 7 nitrogen and oxygen atoms in total. The van der Waals surface area contributed by atoms with E-state index in [1.807, 2.05) is 53.3 Å². The number of para-hydroxylation sites is 2. The lowest BCUT2D eigenvalue weighted by atomic mass is 10.2. The standard InChI is InChI=1S/C19H16N6OS2/c1-2-25-18(16-8-5-9-27-16)23-24-19(25)28-11-15(26)12(10-20)17-21-13-6-3-4-7-14(13)22-17/h3-9,26H,2,11H2,1H3,(H,21,22)/b15-12+. The number of aliphatic hydroxyl groups is 1. The Morgan fingerprint density at radius 1 is 1.29 bits per heavy atom. The third-order valence-electron chi connectivity index (χ3n) is 4.14. The van der Waals surface area contributed by atoms with Crippen LogP contribution in [0.2, 0.25) is 0 Å². The third-order valence-corrected chi connectivity index (χ3v) is 5.98. The first-order valence-electron chi connectivity index (χ1n) is 8.58. The smallest absolute Gasteiger partial charge is 0.191 e. The van der Waals surface area contributed by atoms with Crippen LogP contribution in [0.3, 0.4) is 0 Å². The number of hydrogen-bond acceptors (Lipinski definition) is 7. The summed E-state index contributed by atoms with van der Waals surface area (Å²) in [5, 5.41) is 31.3. The summed E-state index contributed by atoms with van der Waals surface area (Å²) < 4.78 is 2.00. The highest BCUT2D eigenvalue weighted by atomic mass is 32.2. The number of H-pyrrole nitrogens is 1. The van der Waals surface area contributed by atoms with Crippen LogP contribution in [-0.4, -0.2) is 35.6 Å². The minimum atomic E-state index is -0.0464. The largest absolute Gasteiger partial charge is 0.510 e. The van der Waals surface area contributed by atoms with Gasteiger partial charge in [-0.25, -0.2) is 4.98 Å². The van der Waals surface area contributed by atoms with Crippen LogP contribution in [0, 0.1) is 11.3 Å². The third kappa shape index (κ3) is 3.40. The molecule has 3 aromatic heterocycles. The van der Waals surface area contributed by atoms with Gasteiger partial charge in [0.1, 0.15) is 17.4 Å². The average molecular weight is 409 g/mol. The first kappa shape index (κ1) is 18.3. The van der Waals surface area contributed by atoms with Gasteiger partial charge in [0.25, 0.3) is 0 Å². The number of aromatic nitrogens is 5. The summed E-state index contributed by atoms with van der Waals surface area (Å²) in [6, 6.07) is 13.5. The molecule has 1 aromatic carbocycles. The summed E-state index contributed by atoms with van der Waals surface area (Å²) in [5.41, 5.74) is 1.69. The predicted octanol–water partition coefficient (Wildman–Crippen LogP) is 4.49. The van der Waals surface area contributed by atoms with E-state index in [-0.39, 0.29) is 17.1 Å². The minimum Gasteiger partial charge on any atom is -0.510 e. The first-order chi connectivity index (χ1) is 13.7. The zero-order chi connectivity index (χ0) is 19.5. The van der Waals surface area contributed by atoms with E-state index >= 15 is 0 Å². The molecule has 0 aliphatic rings. The number of benzene rings is 1. The normalized spacial score (nSPS) is 12.1. The molecule has 0 saturated carbocycles. The summed E-state index contributed by atoms with van der Waals surface area (Å²) in [6.07, 6.45) is 0. The summed E-state index contributed by atoms with van der Waals surface area (Å²) in [5.74, 6) is 1.32. The summed E-state index contributed by atoms with van der Waals surface area (Å²) in [4.78, 5) is 8.52. The van der Waals surface area contributed by atoms with Crippen molar-refractivity contribution in [2.75, 3.05) is 5.75 Å². The van der Waals surface area contributed by atoms with E-state index in [0.717, 1.165) is 21.7 Å². The Hall–Kier alpha value is -3.09. The maximum absolute atomic E-state index is 10.5. The van der Waals surface area contributed by atoms with Crippen molar-refractivity contribution in [2.45, 2.75) is 18.6 Å². The Kier molecular flexibility index (Phi) is 5.14. The Bertz CT molecular complexity index is 1150. The van der Waals surface area contributed by atoms with Gasteiger partial charge in [-0.1, -0.05) is 30.0 Å². The van der Waals surface area contributed by atoms with Crippen molar-refractivity contribution in [3.8, 4) is 16.8 Å². The highest BCUT2D eigenvalue weighted by molar-refractivity contribution is 7.99. The van der Waals surface area contributed by atoms with Crippen LogP contribution in [-0.2, 0) is 6.54 Å². The van der Waals surface area contributed by atoms with Crippen LogP contribution in [0.5, 0.6) is 0 Å². The van der Waals surface area contributed by atoms with E-state index in [1.54, 1.807) is 11.3 Å². The van der Waals surface area contributed by atoms with Gasteiger partial charge in [0.15, 0.2) is 16.8 Å². The number of hydrogen-bond donors (Lipinski definition) is 2. The summed E-state index contributed by atoms with van der Waals surface area (Å²) >= 11 is 2.94. The Balaban J connectivity index is 1.59. The molecule has 0 saturated heterocycles. The molecule has 0 aliphatic heterocycles. The fourth-order valence-corrected chi connectivity index (χ4v) is 4.40. The number of rotatable bonds is 6. The van der Waals surface area contributed by atoms with Crippen molar-refractivity contribution in [1.82, 2.24) is 24.7 Å². The molecule has 2 N–H and O–H groups in total. The molecule has 0 fully saturated rings. The molecule has 3 heterocycles. The van der Waals surface area contributed by atoms with Crippen LogP contribution in [0.25, 0.3) is 27.3 Å². The summed E-state index contributed by atoms with van der Waals surface area (Å²) in [7, 11) is 0. The molecule has 0 amide bonds. The minimum absolute atomic E-state index is 0.0464. The van der Waals surface area contributed by atoms with Crippen molar-refractivity contribution >= 4 is 39.7 Å². The van der Waals surface area contributed by atoms with Gasteiger partial charge in [-0.3, -0.25) is 0 Å². The fourth-order valence-electron chi connectivity index (χ4n) is 2.80. The number of fused-ring (bicyclic) bond motifs is 1. The van der Waals surface area contributed by atoms with Crippen LogP contribution in [0.4, 0.5) is 0 Å². The van der Waals surface area contributed by atoms with Crippen molar-refractivity contribution < 1.29 is 5.11 Å². The molecule has 0 atom stereocenters. The van der Waals surface area contributed by atoms with E-state index in [2.05, 4.69) is 26.2 Å². The monoisotopic (exact) mass is 408 g/mol. The van der Waals surface area contributed by atoms with Gasteiger partial charge in [-0.2, -0.15) is 5.26 Å². The zero-order valence-electron chi connectivity index (χ0n) is 15.0. The lowest BCUT2D eigenvalue weighted by molar-refractivity contribution is 0.420. The molecular weight excluding hydrogens is 392 g/mol. The second-order valence-electron chi connectivity index (χ2n) is 5.85. The Labute approximate surface area is 169 Å². The second-order valence-corrected chi connectivity index (χ2v) is 7.74. The number of allylic oxidation sites excluding steroid dienone is 1.